The monoisotopic (exact) mass is 339 g/mol. The van der Waals surface area contributed by atoms with E-state index in [1.807, 2.05) is 12.1 Å². The van der Waals surface area contributed by atoms with Gasteiger partial charge < -0.3 is 5.73 Å². The van der Waals surface area contributed by atoms with E-state index in [-0.39, 0.29) is 0 Å². The fraction of sp³-hybridized carbons (Fsp3) is 0.294. The number of benzene rings is 2. The summed E-state index contributed by atoms with van der Waals surface area (Å²) >= 11 is 13.9. The first-order chi connectivity index (χ1) is 10.1. The van der Waals surface area contributed by atoms with Gasteiger partial charge in [-0.15, -0.1) is 11.8 Å². The van der Waals surface area contributed by atoms with Crippen molar-refractivity contribution in [2.75, 3.05) is 6.54 Å². The zero-order valence-corrected chi connectivity index (χ0v) is 14.3. The molecular formula is C17H19Cl2NS. The Bertz CT molecular complexity index is 584. The van der Waals surface area contributed by atoms with E-state index < -0.39 is 0 Å². The summed E-state index contributed by atoms with van der Waals surface area (Å²) in [7, 11) is 0. The molecule has 0 spiro atoms. The van der Waals surface area contributed by atoms with Crippen molar-refractivity contribution < 1.29 is 0 Å². The van der Waals surface area contributed by atoms with Gasteiger partial charge in [0.25, 0.3) is 0 Å². The highest BCUT2D eigenvalue weighted by Gasteiger charge is 2.06. The van der Waals surface area contributed by atoms with E-state index in [1.54, 1.807) is 17.8 Å². The molecule has 0 amide bonds. The first-order valence-corrected chi connectivity index (χ1v) is 8.71. The summed E-state index contributed by atoms with van der Waals surface area (Å²) in [4.78, 5) is 1.24. The average molecular weight is 340 g/mol. The summed E-state index contributed by atoms with van der Waals surface area (Å²) in [6.45, 7) is 2.94. The van der Waals surface area contributed by atoms with Crippen LogP contribution in [-0.4, -0.2) is 6.54 Å². The van der Waals surface area contributed by atoms with E-state index in [2.05, 4.69) is 31.2 Å². The van der Waals surface area contributed by atoms with Crippen LogP contribution in [0.5, 0.6) is 0 Å². The molecule has 0 radical (unpaired) electrons. The van der Waals surface area contributed by atoms with Crippen LogP contribution < -0.4 is 5.73 Å². The van der Waals surface area contributed by atoms with Crippen molar-refractivity contribution in [2.45, 2.75) is 29.9 Å². The van der Waals surface area contributed by atoms with E-state index in [4.69, 9.17) is 28.9 Å². The second kappa shape index (κ2) is 8.09. The molecule has 1 unspecified atom stereocenters. The van der Waals surface area contributed by atoms with Crippen LogP contribution in [0, 0.1) is 0 Å². The third kappa shape index (κ3) is 4.93. The van der Waals surface area contributed by atoms with Gasteiger partial charge in [0.2, 0.25) is 0 Å². The minimum absolute atomic E-state index is 0.514. The number of hydrogen-bond acceptors (Lipinski definition) is 2. The number of thioether (sulfide) groups is 1. The van der Waals surface area contributed by atoms with Gasteiger partial charge in [-0.05, 0) is 54.3 Å². The van der Waals surface area contributed by atoms with Crippen LogP contribution in [0.3, 0.4) is 0 Å². The molecule has 2 aromatic carbocycles. The molecule has 0 saturated carbocycles. The van der Waals surface area contributed by atoms with Gasteiger partial charge in [0.1, 0.15) is 0 Å². The summed E-state index contributed by atoms with van der Waals surface area (Å²) in [6.07, 6.45) is 1.02. The molecule has 0 fully saturated rings. The number of halogens is 2. The van der Waals surface area contributed by atoms with Crippen LogP contribution in [0.1, 0.15) is 30.4 Å². The quantitative estimate of drug-likeness (QED) is 0.679. The Labute approximate surface area is 140 Å². The number of nitrogens with two attached hydrogens (primary N) is 1. The molecule has 2 aromatic rings. The molecule has 4 heteroatoms. The minimum Gasteiger partial charge on any atom is -0.330 e. The van der Waals surface area contributed by atoms with Crippen molar-refractivity contribution in [3.05, 3.63) is 63.6 Å². The van der Waals surface area contributed by atoms with Crippen LogP contribution in [-0.2, 0) is 5.75 Å². The second-order valence-corrected chi connectivity index (χ2v) is 6.96. The lowest BCUT2D eigenvalue weighted by Crippen LogP contribution is -2.04. The molecule has 0 aliphatic carbocycles. The van der Waals surface area contributed by atoms with E-state index in [0.717, 1.165) is 29.3 Å². The molecular weight excluding hydrogens is 321 g/mol. The SMILES string of the molecule is CC(CCN)c1ccc(SCc2ccc(Cl)cc2Cl)cc1. The van der Waals surface area contributed by atoms with E-state index in [0.29, 0.717) is 10.9 Å². The van der Waals surface area contributed by atoms with Crippen molar-refractivity contribution in [3.63, 3.8) is 0 Å². The Balaban J connectivity index is 1.97. The predicted molar refractivity (Wildman–Crippen MR) is 94.6 cm³/mol. The Morgan fingerprint density at radius 3 is 2.43 bits per heavy atom. The van der Waals surface area contributed by atoms with Crippen molar-refractivity contribution in [2.24, 2.45) is 5.73 Å². The normalized spacial score (nSPS) is 12.4. The molecule has 1 nitrogen and oxygen atoms in total. The summed E-state index contributed by atoms with van der Waals surface area (Å²) < 4.78 is 0. The van der Waals surface area contributed by atoms with E-state index in [9.17, 15) is 0 Å². The molecule has 2 rings (SSSR count). The second-order valence-electron chi connectivity index (χ2n) is 5.07. The lowest BCUT2D eigenvalue weighted by atomic mass is 9.98. The maximum atomic E-state index is 6.19. The highest BCUT2D eigenvalue weighted by Crippen LogP contribution is 2.29. The Morgan fingerprint density at radius 2 is 1.81 bits per heavy atom. The fourth-order valence-corrected chi connectivity index (χ4v) is 3.57. The zero-order chi connectivity index (χ0) is 15.2. The van der Waals surface area contributed by atoms with Gasteiger partial charge in [-0.2, -0.15) is 0 Å². The van der Waals surface area contributed by atoms with Crippen LogP contribution in [0.2, 0.25) is 10.0 Å². The van der Waals surface area contributed by atoms with Gasteiger partial charge in [0.15, 0.2) is 0 Å². The first kappa shape index (κ1) is 16.7. The van der Waals surface area contributed by atoms with Crippen LogP contribution in [0.4, 0.5) is 0 Å². The molecule has 0 aliphatic rings. The smallest absolute Gasteiger partial charge is 0.0461 e. The maximum Gasteiger partial charge on any atom is 0.0461 e. The van der Waals surface area contributed by atoms with Gasteiger partial charge in [-0.3, -0.25) is 0 Å². The van der Waals surface area contributed by atoms with Gasteiger partial charge in [-0.25, -0.2) is 0 Å². The van der Waals surface area contributed by atoms with Crippen LogP contribution in [0.25, 0.3) is 0 Å². The fourth-order valence-electron chi connectivity index (χ4n) is 2.11. The van der Waals surface area contributed by atoms with Crippen LogP contribution >= 0.6 is 35.0 Å². The lowest BCUT2D eigenvalue weighted by Gasteiger charge is -2.11. The van der Waals surface area contributed by atoms with E-state index in [1.165, 1.54) is 10.5 Å². The number of hydrogen-bond donors (Lipinski definition) is 1. The lowest BCUT2D eigenvalue weighted by molar-refractivity contribution is 0.689. The van der Waals surface area contributed by atoms with Crippen molar-refractivity contribution in [1.82, 2.24) is 0 Å². The Morgan fingerprint density at radius 1 is 1.10 bits per heavy atom. The molecule has 2 N–H and O–H groups in total. The number of rotatable bonds is 6. The molecule has 0 saturated heterocycles. The molecule has 1 atom stereocenters. The summed E-state index contributed by atoms with van der Waals surface area (Å²) in [5, 5.41) is 1.40. The summed E-state index contributed by atoms with van der Waals surface area (Å²) in [5.74, 6) is 1.35. The summed E-state index contributed by atoms with van der Waals surface area (Å²) in [5.41, 5.74) is 8.05. The first-order valence-electron chi connectivity index (χ1n) is 6.97. The van der Waals surface area contributed by atoms with Gasteiger partial charge in [-0.1, -0.05) is 48.3 Å². The van der Waals surface area contributed by atoms with Crippen molar-refractivity contribution >= 4 is 35.0 Å². The molecule has 0 aliphatic heterocycles. The van der Waals surface area contributed by atoms with Crippen molar-refractivity contribution in [1.29, 1.82) is 0 Å². The standard InChI is InChI=1S/C17H19Cl2NS/c1-12(8-9-20)13-3-6-16(7-4-13)21-11-14-2-5-15(18)10-17(14)19/h2-7,10,12H,8-9,11,20H2,1H3. The molecule has 21 heavy (non-hydrogen) atoms. The van der Waals surface area contributed by atoms with E-state index >= 15 is 0 Å². The van der Waals surface area contributed by atoms with Gasteiger partial charge in [0, 0.05) is 20.7 Å². The van der Waals surface area contributed by atoms with Gasteiger partial charge in [0.05, 0.1) is 0 Å². The Kier molecular flexibility index (Phi) is 6.43. The third-order valence-corrected chi connectivity index (χ3v) is 5.11. The Hall–Kier alpha value is -0.670. The summed E-state index contributed by atoms with van der Waals surface area (Å²) in [6, 6.07) is 14.3. The highest BCUT2D eigenvalue weighted by atomic mass is 35.5. The maximum absolute atomic E-state index is 6.19. The van der Waals surface area contributed by atoms with Crippen molar-refractivity contribution in [3.8, 4) is 0 Å². The molecule has 0 heterocycles. The highest BCUT2D eigenvalue weighted by molar-refractivity contribution is 7.98. The molecule has 0 bridgehead atoms. The predicted octanol–water partition coefficient (Wildman–Crippen LogP) is 5.74. The molecule has 112 valence electrons. The average Bonchev–Trinajstić information content (AvgIpc) is 2.47. The largest absolute Gasteiger partial charge is 0.330 e. The zero-order valence-electron chi connectivity index (χ0n) is 12.0. The van der Waals surface area contributed by atoms with Crippen LogP contribution in [0.15, 0.2) is 47.4 Å². The third-order valence-electron chi connectivity index (χ3n) is 3.46. The molecule has 0 aromatic heterocycles. The topological polar surface area (TPSA) is 26.0 Å². The minimum atomic E-state index is 0.514. The van der Waals surface area contributed by atoms with Gasteiger partial charge >= 0.3 is 0 Å².